The fraction of sp³-hybridized carbons (Fsp3) is 0. The molecule has 2 aromatic carbocycles. The van der Waals surface area contributed by atoms with Gasteiger partial charge in [0.15, 0.2) is 0 Å². The van der Waals surface area contributed by atoms with Crippen molar-refractivity contribution in [1.82, 2.24) is 9.78 Å². The van der Waals surface area contributed by atoms with E-state index in [2.05, 4.69) is 10.4 Å². The summed E-state index contributed by atoms with van der Waals surface area (Å²) in [5, 5.41) is 7.73. The summed E-state index contributed by atoms with van der Waals surface area (Å²) in [4.78, 5) is 12.4. The third-order valence-corrected chi connectivity index (χ3v) is 3.61. The summed E-state index contributed by atoms with van der Waals surface area (Å²) < 4.78 is 1.50. The number of hydrogen-bond acceptors (Lipinski definition) is 3. The van der Waals surface area contributed by atoms with E-state index in [1.54, 1.807) is 18.2 Å². The molecule has 0 aliphatic carbocycles. The van der Waals surface area contributed by atoms with Crippen LogP contribution in [0.3, 0.4) is 0 Å². The standard InChI is InChI=1S/C16H12Cl2N4O/c17-10-6-11(18)8-12(7-10)21-16(23)14-9-20-22(15(14)19)13-4-2-1-3-5-13/h1-9H,19H2,(H,21,23). The van der Waals surface area contributed by atoms with Gasteiger partial charge in [0.2, 0.25) is 0 Å². The van der Waals surface area contributed by atoms with Crippen LogP contribution >= 0.6 is 23.2 Å². The van der Waals surface area contributed by atoms with Crippen molar-refractivity contribution in [1.29, 1.82) is 0 Å². The molecule has 1 aromatic heterocycles. The number of nitrogen functional groups attached to an aromatic ring is 1. The fourth-order valence-corrected chi connectivity index (χ4v) is 2.66. The minimum absolute atomic E-state index is 0.252. The van der Waals surface area contributed by atoms with Crippen LogP contribution in [0.2, 0.25) is 10.0 Å². The first-order valence-electron chi connectivity index (χ1n) is 6.71. The fourth-order valence-electron chi connectivity index (χ4n) is 2.13. The van der Waals surface area contributed by atoms with Crippen LogP contribution in [0.5, 0.6) is 0 Å². The quantitative estimate of drug-likeness (QED) is 0.752. The molecule has 0 atom stereocenters. The number of hydrogen-bond donors (Lipinski definition) is 2. The van der Waals surface area contributed by atoms with Gasteiger partial charge in [-0.1, -0.05) is 41.4 Å². The lowest BCUT2D eigenvalue weighted by Gasteiger charge is -2.07. The molecule has 0 aliphatic heterocycles. The molecule has 0 spiro atoms. The number of carbonyl (C=O) groups excluding carboxylic acids is 1. The normalized spacial score (nSPS) is 10.5. The first-order valence-corrected chi connectivity index (χ1v) is 7.46. The molecule has 7 heteroatoms. The van der Waals surface area contributed by atoms with E-state index in [1.165, 1.54) is 10.9 Å². The monoisotopic (exact) mass is 346 g/mol. The molecule has 3 aromatic rings. The first-order chi connectivity index (χ1) is 11.0. The molecule has 23 heavy (non-hydrogen) atoms. The summed E-state index contributed by atoms with van der Waals surface area (Å²) >= 11 is 11.8. The van der Waals surface area contributed by atoms with Crippen LogP contribution in [0.15, 0.2) is 54.7 Å². The highest BCUT2D eigenvalue weighted by Gasteiger charge is 2.16. The van der Waals surface area contributed by atoms with Gasteiger partial charge in [0, 0.05) is 15.7 Å². The highest BCUT2D eigenvalue weighted by atomic mass is 35.5. The molecule has 0 saturated heterocycles. The molecular weight excluding hydrogens is 335 g/mol. The summed E-state index contributed by atoms with van der Waals surface area (Å²) in [6, 6.07) is 14.1. The maximum atomic E-state index is 12.4. The maximum absolute atomic E-state index is 12.4. The van der Waals surface area contributed by atoms with E-state index in [4.69, 9.17) is 28.9 Å². The first kappa shape index (κ1) is 15.4. The van der Waals surface area contributed by atoms with Crippen LogP contribution in [0, 0.1) is 0 Å². The van der Waals surface area contributed by atoms with E-state index < -0.39 is 0 Å². The minimum Gasteiger partial charge on any atom is -0.383 e. The minimum atomic E-state index is -0.386. The van der Waals surface area contributed by atoms with Crippen LogP contribution in [-0.2, 0) is 0 Å². The Balaban J connectivity index is 1.87. The van der Waals surface area contributed by atoms with Gasteiger partial charge in [0.1, 0.15) is 11.4 Å². The molecule has 1 heterocycles. The Kier molecular flexibility index (Phi) is 4.23. The van der Waals surface area contributed by atoms with E-state index in [9.17, 15) is 4.79 Å². The van der Waals surface area contributed by atoms with Gasteiger partial charge in [-0.05, 0) is 30.3 Å². The second-order valence-corrected chi connectivity index (χ2v) is 5.68. The summed E-state index contributed by atoms with van der Waals surface area (Å²) in [6.07, 6.45) is 1.42. The molecular formula is C16H12Cl2N4O. The Bertz CT molecular complexity index is 842. The Labute approximate surface area is 142 Å². The lowest BCUT2D eigenvalue weighted by molar-refractivity contribution is 0.102. The number of nitrogens with one attached hydrogen (secondary N) is 1. The van der Waals surface area contributed by atoms with Gasteiger partial charge < -0.3 is 11.1 Å². The summed E-state index contributed by atoms with van der Waals surface area (Å²) in [5.41, 5.74) is 7.56. The molecule has 3 N–H and O–H groups in total. The van der Waals surface area contributed by atoms with Crippen LogP contribution in [-0.4, -0.2) is 15.7 Å². The molecule has 116 valence electrons. The SMILES string of the molecule is Nc1c(C(=O)Nc2cc(Cl)cc(Cl)c2)cnn1-c1ccccc1. The lowest BCUT2D eigenvalue weighted by Crippen LogP contribution is -2.14. The van der Waals surface area contributed by atoms with E-state index in [0.29, 0.717) is 15.7 Å². The van der Waals surface area contributed by atoms with Gasteiger partial charge in [-0.2, -0.15) is 5.10 Å². The van der Waals surface area contributed by atoms with Crippen molar-refractivity contribution < 1.29 is 4.79 Å². The zero-order valence-corrected chi connectivity index (χ0v) is 13.3. The van der Waals surface area contributed by atoms with Crippen molar-refractivity contribution in [2.24, 2.45) is 0 Å². The average Bonchev–Trinajstić information content (AvgIpc) is 2.89. The average molecular weight is 347 g/mol. The zero-order chi connectivity index (χ0) is 16.4. The van der Waals surface area contributed by atoms with Gasteiger partial charge in [0.25, 0.3) is 5.91 Å². The second kappa shape index (κ2) is 6.32. The van der Waals surface area contributed by atoms with Crippen molar-refractivity contribution in [2.45, 2.75) is 0 Å². The molecule has 0 aliphatic rings. The number of rotatable bonds is 3. The number of benzene rings is 2. The Morgan fingerprint density at radius 2 is 1.74 bits per heavy atom. The number of carbonyl (C=O) groups is 1. The smallest absolute Gasteiger partial charge is 0.261 e. The van der Waals surface area contributed by atoms with E-state index in [0.717, 1.165) is 5.69 Å². The van der Waals surface area contributed by atoms with Crippen molar-refractivity contribution in [3.63, 3.8) is 0 Å². The Hall–Kier alpha value is -2.50. The summed E-state index contributed by atoms with van der Waals surface area (Å²) in [6.45, 7) is 0. The van der Waals surface area contributed by atoms with Crippen LogP contribution < -0.4 is 11.1 Å². The van der Waals surface area contributed by atoms with Crippen molar-refractivity contribution in [2.75, 3.05) is 11.1 Å². The lowest BCUT2D eigenvalue weighted by atomic mass is 10.2. The molecule has 0 bridgehead atoms. The maximum Gasteiger partial charge on any atom is 0.261 e. The second-order valence-electron chi connectivity index (χ2n) is 4.80. The molecule has 0 radical (unpaired) electrons. The Morgan fingerprint density at radius 1 is 1.09 bits per heavy atom. The van der Waals surface area contributed by atoms with E-state index in [1.807, 2.05) is 30.3 Å². The highest BCUT2D eigenvalue weighted by Crippen LogP contribution is 2.24. The van der Waals surface area contributed by atoms with E-state index in [-0.39, 0.29) is 17.3 Å². The molecule has 0 unspecified atom stereocenters. The van der Waals surface area contributed by atoms with E-state index >= 15 is 0 Å². The predicted octanol–water partition coefficient (Wildman–Crippen LogP) is 4.01. The molecule has 0 saturated carbocycles. The molecule has 3 rings (SSSR count). The number of aromatic nitrogens is 2. The number of halogens is 2. The van der Waals surface area contributed by atoms with Crippen LogP contribution in [0.1, 0.15) is 10.4 Å². The number of nitrogens with two attached hydrogens (primary N) is 1. The van der Waals surface area contributed by atoms with Gasteiger partial charge in [0.05, 0.1) is 11.9 Å². The van der Waals surface area contributed by atoms with Crippen molar-refractivity contribution in [3.8, 4) is 5.69 Å². The van der Waals surface area contributed by atoms with Gasteiger partial charge in [-0.15, -0.1) is 0 Å². The molecule has 1 amide bonds. The third kappa shape index (κ3) is 3.31. The molecule has 0 fully saturated rings. The van der Waals surface area contributed by atoms with Crippen molar-refractivity contribution in [3.05, 3.63) is 70.3 Å². The number of amides is 1. The molecule has 5 nitrogen and oxygen atoms in total. The predicted molar refractivity (Wildman–Crippen MR) is 92.4 cm³/mol. The summed E-state index contributed by atoms with van der Waals surface area (Å²) in [5.74, 6) is -0.134. The number of nitrogens with zero attached hydrogens (tertiary/aromatic N) is 2. The zero-order valence-electron chi connectivity index (χ0n) is 11.8. The summed E-state index contributed by atoms with van der Waals surface area (Å²) in [7, 11) is 0. The highest BCUT2D eigenvalue weighted by molar-refractivity contribution is 6.35. The Morgan fingerprint density at radius 3 is 2.39 bits per heavy atom. The van der Waals surface area contributed by atoms with Crippen LogP contribution in [0.4, 0.5) is 11.5 Å². The van der Waals surface area contributed by atoms with Gasteiger partial charge in [-0.25, -0.2) is 4.68 Å². The van der Waals surface area contributed by atoms with Crippen molar-refractivity contribution >= 4 is 40.6 Å². The number of para-hydroxylation sites is 1. The van der Waals surface area contributed by atoms with Gasteiger partial charge >= 0.3 is 0 Å². The van der Waals surface area contributed by atoms with Crippen LogP contribution in [0.25, 0.3) is 5.69 Å². The van der Waals surface area contributed by atoms with Gasteiger partial charge in [-0.3, -0.25) is 4.79 Å². The topological polar surface area (TPSA) is 72.9 Å². The third-order valence-electron chi connectivity index (χ3n) is 3.17. The number of anilines is 2. The largest absolute Gasteiger partial charge is 0.383 e.